The van der Waals surface area contributed by atoms with Crippen molar-refractivity contribution in [2.24, 2.45) is 5.41 Å². The minimum Gasteiger partial charge on any atom is -0.444 e. The molecule has 2 N–H and O–H groups in total. The smallest absolute Gasteiger partial charge is 0.408 e. The number of alkyl carbamates (subject to hydrolysis) is 1. The Morgan fingerprint density at radius 2 is 1.85 bits per heavy atom. The van der Waals surface area contributed by atoms with Crippen molar-refractivity contribution < 1.29 is 9.53 Å². The van der Waals surface area contributed by atoms with E-state index in [4.69, 9.17) is 4.74 Å². The Labute approximate surface area is 124 Å². The molecule has 1 unspecified atom stereocenters. The third-order valence-electron chi connectivity index (χ3n) is 3.64. The molecule has 0 aliphatic heterocycles. The number of carbonyl (C=O) groups is 1. The first-order valence-corrected chi connectivity index (χ1v) is 7.63. The average Bonchev–Trinajstić information content (AvgIpc) is 2.51. The largest absolute Gasteiger partial charge is 0.444 e. The van der Waals surface area contributed by atoms with Crippen molar-refractivity contribution in [3.63, 3.8) is 0 Å². The number of rotatable bonds is 4. The van der Waals surface area contributed by atoms with Gasteiger partial charge >= 0.3 is 6.09 Å². The standard InChI is InChI=1S/C16H32N2O2/c1-14(2,3)20-13(19)18-16(6,7)11-17-12-8-9-15(4,5)10-12/h12,17H,8-11H2,1-7H3,(H,18,19). The number of hydrogen-bond acceptors (Lipinski definition) is 3. The lowest BCUT2D eigenvalue weighted by atomic mass is 9.92. The van der Waals surface area contributed by atoms with E-state index in [0.717, 1.165) is 6.54 Å². The summed E-state index contributed by atoms with van der Waals surface area (Å²) in [4.78, 5) is 11.8. The Bertz CT molecular complexity index is 343. The maximum Gasteiger partial charge on any atom is 0.408 e. The van der Waals surface area contributed by atoms with Gasteiger partial charge in [0.15, 0.2) is 0 Å². The molecule has 1 saturated carbocycles. The zero-order valence-corrected chi connectivity index (χ0v) is 14.2. The summed E-state index contributed by atoms with van der Waals surface area (Å²) in [6.07, 6.45) is 3.34. The molecule has 1 fully saturated rings. The zero-order valence-electron chi connectivity index (χ0n) is 14.2. The molecule has 1 aliphatic carbocycles. The molecule has 0 aromatic heterocycles. The molecule has 0 spiro atoms. The first-order chi connectivity index (χ1) is 8.89. The van der Waals surface area contributed by atoms with Crippen molar-refractivity contribution in [3.8, 4) is 0 Å². The molecule has 1 atom stereocenters. The molecule has 118 valence electrons. The van der Waals surface area contributed by atoms with E-state index in [-0.39, 0.29) is 11.6 Å². The maximum absolute atomic E-state index is 11.8. The number of ether oxygens (including phenoxy) is 1. The van der Waals surface area contributed by atoms with Gasteiger partial charge in [0.1, 0.15) is 5.60 Å². The average molecular weight is 284 g/mol. The van der Waals surface area contributed by atoms with Gasteiger partial charge in [0, 0.05) is 12.6 Å². The van der Waals surface area contributed by atoms with Gasteiger partial charge in [-0.2, -0.15) is 0 Å². The van der Waals surface area contributed by atoms with Crippen LogP contribution in [-0.2, 0) is 4.74 Å². The van der Waals surface area contributed by atoms with Crippen molar-refractivity contribution >= 4 is 6.09 Å². The van der Waals surface area contributed by atoms with Gasteiger partial charge in [-0.05, 0) is 59.3 Å². The molecular formula is C16H32N2O2. The van der Waals surface area contributed by atoms with Crippen molar-refractivity contribution in [1.82, 2.24) is 10.6 Å². The highest BCUT2D eigenvalue weighted by Crippen LogP contribution is 2.36. The van der Waals surface area contributed by atoms with Gasteiger partial charge in [0.05, 0.1) is 5.54 Å². The molecule has 0 aromatic rings. The van der Waals surface area contributed by atoms with E-state index in [1.54, 1.807) is 0 Å². The first kappa shape index (κ1) is 17.3. The Hall–Kier alpha value is -0.770. The fraction of sp³-hybridized carbons (Fsp3) is 0.938. The predicted molar refractivity (Wildman–Crippen MR) is 82.9 cm³/mol. The first-order valence-electron chi connectivity index (χ1n) is 7.63. The molecule has 0 aromatic carbocycles. The molecule has 1 amide bonds. The molecule has 0 radical (unpaired) electrons. The van der Waals surface area contributed by atoms with Crippen LogP contribution < -0.4 is 10.6 Å². The van der Waals surface area contributed by atoms with Crippen LogP contribution in [0.2, 0.25) is 0 Å². The highest BCUT2D eigenvalue weighted by molar-refractivity contribution is 5.68. The summed E-state index contributed by atoms with van der Waals surface area (Å²) in [7, 11) is 0. The van der Waals surface area contributed by atoms with Gasteiger partial charge in [-0.15, -0.1) is 0 Å². The molecule has 4 heteroatoms. The monoisotopic (exact) mass is 284 g/mol. The second kappa shape index (κ2) is 5.92. The third kappa shape index (κ3) is 6.60. The topological polar surface area (TPSA) is 50.4 Å². The molecular weight excluding hydrogens is 252 g/mol. The van der Waals surface area contributed by atoms with Gasteiger partial charge in [-0.1, -0.05) is 13.8 Å². The highest BCUT2D eigenvalue weighted by Gasteiger charge is 2.32. The normalized spacial score (nSPS) is 22.6. The fourth-order valence-electron chi connectivity index (χ4n) is 2.63. The minimum atomic E-state index is -0.455. The van der Waals surface area contributed by atoms with E-state index in [1.807, 2.05) is 34.6 Å². The van der Waals surface area contributed by atoms with Crippen LogP contribution in [0.3, 0.4) is 0 Å². The van der Waals surface area contributed by atoms with Crippen molar-refractivity contribution in [1.29, 1.82) is 0 Å². The van der Waals surface area contributed by atoms with Crippen molar-refractivity contribution in [2.75, 3.05) is 6.54 Å². The van der Waals surface area contributed by atoms with Crippen LogP contribution in [0.1, 0.15) is 67.7 Å². The van der Waals surface area contributed by atoms with E-state index in [2.05, 4.69) is 24.5 Å². The van der Waals surface area contributed by atoms with Gasteiger partial charge in [0.2, 0.25) is 0 Å². The van der Waals surface area contributed by atoms with Gasteiger partial charge in [-0.25, -0.2) is 4.79 Å². The summed E-state index contributed by atoms with van der Waals surface area (Å²) < 4.78 is 5.30. The summed E-state index contributed by atoms with van der Waals surface area (Å²) in [6.45, 7) is 15.0. The van der Waals surface area contributed by atoms with E-state index in [9.17, 15) is 4.79 Å². The molecule has 0 saturated heterocycles. The van der Waals surface area contributed by atoms with E-state index < -0.39 is 5.60 Å². The Morgan fingerprint density at radius 3 is 2.30 bits per heavy atom. The Balaban J connectivity index is 2.36. The fourth-order valence-corrected chi connectivity index (χ4v) is 2.63. The van der Waals surface area contributed by atoms with Crippen LogP contribution in [0, 0.1) is 5.41 Å². The summed E-state index contributed by atoms with van der Waals surface area (Å²) in [5, 5.41) is 6.51. The van der Waals surface area contributed by atoms with Gasteiger partial charge in [0.25, 0.3) is 0 Å². The summed E-state index contributed by atoms with van der Waals surface area (Å²) in [5.74, 6) is 0. The highest BCUT2D eigenvalue weighted by atomic mass is 16.6. The lowest BCUT2D eigenvalue weighted by Gasteiger charge is -2.30. The van der Waals surface area contributed by atoms with Crippen LogP contribution in [0.5, 0.6) is 0 Å². The van der Waals surface area contributed by atoms with Crippen molar-refractivity contribution in [2.45, 2.75) is 84.9 Å². The van der Waals surface area contributed by atoms with Gasteiger partial charge < -0.3 is 15.4 Å². The maximum atomic E-state index is 11.8. The quantitative estimate of drug-likeness (QED) is 0.831. The Kier molecular flexibility index (Phi) is 5.12. The number of nitrogens with one attached hydrogen (secondary N) is 2. The molecule has 1 aliphatic rings. The lowest BCUT2D eigenvalue weighted by molar-refractivity contribution is 0.0470. The zero-order chi connectivity index (χ0) is 15.6. The van der Waals surface area contributed by atoms with Crippen LogP contribution >= 0.6 is 0 Å². The van der Waals surface area contributed by atoms with Gasteiger partial charge in [-0.3, -0.25) is 0 Å². The lowest BCUT2D eigenvalue weighted by Crippen LogP contribution is -2.53. The minimum absolute atomic E-state index is 0.310. The molecule has 20 heavy (non-hydrogen) atoms. The number of hydrogen-bond donors (Lipinski definition) is 2. The third-order valence-corrected chi connectivity index (χ3v) is 3.64. The number of amides is 1. The Morgan fingerprint density at radius 1 is 1.25 bits per heavy atom. The molecule has 4 nitrogen and oxygen atoms in total. The van der Waals surface area contributed by atoms with Crippen molar-refractivity contribution in [3.05, 3.63) is 0 Å². The van der Waals surface area contributed by atoms with E-state index in [1.165, 1.54) is 19.3 Å². The predicted octanol–water partition coefficient (Wildman–Crippen LogP) is 3.46. The second-order valence-electron chi connectivity index (χ2n) is 8.50. The molecule has 1 rings (SSSR count). The molecule has 0 heterocycles. The van der Waals surface area contributed by atoms with E-state index in [0.29, 0.717) is 11.5 Å². The van der Waals surface area contributed by atoms with Crippen LogP contribution in [0.4, 0.5) is 4.79 Å². The van der Waals surface area contributed by atoms with E-state index >= 15 is 0 Å². The summed E-state index contributed by atoms with van der Waals surface area (Å²) >= 11 is 0. The SMILES string of the molecule is CC1(C)CCC(NCC(C)(C)NC(=O)OC(C)(C)C)C1. The number of carbonyl (C=O) groups excluding carboxylic acids is 1. The summed E-state index contributed by atoms with van der Waals surface area (Å²) in [6, 6.07) is 0.560. The second-order valence-corrected chi connectivity index (χ2v) is 8.50. The van der Waals surface area contributed by atoms with Crippen LogP contribution in [-0.4, -0.2) is 29.8 Å². The van der Waals surface area contributed by atoms with Crippen LogP contribution in [0.15, 0.2) is 0 Å². The molecule has 0 bridgehead atoms. The van der Waals surface area contributed by atoms with Crippen LogP contribution in [0.25, 0.3) is 0 Å². The summed E-state index contributed by atoms with van der Waals surface area (Å²) in [5.41, 5.74) is -0.321.